The number of hydrogen-bond acceptors (Lipinski definition) is 4. The van der Waals surface area contributed by atoms with Crippen LogP contribution in [0.3, 0.4) is 0 Å². The van der Waals surface area contributed by atoms with Gasteiger partial charge in [0.15, 0.2) is 0 Å². The average Bonchev–Trinajstić information content (AvgIpc) is 2.79. The zero-order valence-electron chi connectivity index (χ0n) is 14.3. The molecule has 128 valence electrons. The van der Waals surface area contributed by atoms with Crippen molar-refractivity contribution in [3.8, 4) is 0 Å². The van der Waals surface area contributed by atoms with Crippen molar-refractivity contribution in [2.75, 3.05) is 0 Å². The van der Waals surface area contributed by atoms with E-state index >= 15 is 0 Å². The number of amides is 1. The van der Waals surface area contributed by atoms with Gasteiger partial charge in [0.1, 0.15) is 4.88 Å². The summed E-state index contributed by atoms with van der Waals surface area (Å²) in [5.41, 5.74) is 1.91. The van der Waals surface area contributed by atoms with Gasteiger partial charge in [-0.2, -0.15) is 0 Å². The standard InChI is InChI=1S/C19H25N3OS/c1-14-18(19(23)22-16-9-4-2-3-5-10-16)24-17(21-14)12-11-15-8-6-7-13-20-15/h6-8,13,16H,2-5,9-12H2,1H3,(H,22,23). The molecule has 5 heteroatoms. The first-order valence-corrected chi connectivity index (χ1v) is 9.71. The van der Waals surface area contributed by atoms with E-state index in [1.807, 2.05) is 31.3 Å². The number of aromatic nitrogens is 2. The van der Waals surface area contributed by atoms with Crippen LogP contribution in [0, 0.1) is 6.92 Å². The molecule has 0 aromatic carbocycles. The second kappa shape index (κ2) is 8.38. The summed E-state index contributed by atoms with van der Waals surface area (Å²) in [6.45, 7) is 1.93. The van der Waals surface area contributed by atoms with E-state index in [9.17, 15) is 4.79 Å². The van der Waals surface area contributed by atoms with Crippen LogP contribution in [0.5, 0.6) is 0 Å². The molecule has 1 saturated carbocycles. The van der Waals surface area contributed by atoms with Crippen molar-refractivity contribution in [1.29, 1.82) is 0 Å². The molecule has 1 aliphatic rings. The maximum Gasteiger partial charge on any atom is 0.263 e. The van der Waals surface area contributed by atoms with Crippen LogP contribution in [-0.2, 0) is 12.8 Å². The lowest BCUT2D eigenvalue weighted by Gasteiger charge is -2.15. The van der Waals surface area contributed by atoms with Crippen molar-refractivity contribution in [3.63, 3.8) is 0 Å². The van der Waals surface area contributed by atoms with Gasteiger partial charge in [0.2, 0.25) is 0 Å². The second-order valence-corrected chi connectivity index (χ2v) is 7.59. The fraction of sp³-hybridized carbons (Fsp3) is 0.526. The summed E-state index contributed by atoms with van der Waals surface area (Å²) in [5, 5.41) is 4.24. The molecule has 0 bridgehead atoms. The molecule has 0 spiro atoms. The minimum atomic E-state index is 0.0565. The van der Waals surface area contributed by atoms with Crippen molar-refractivity contribution in [3.05, 3.63) is 45.7 Å². The molecule has 3 rings (SSSR count). The van der Waals surface area contributed by atoms with Crippen LogP contribution in [0.1, 0.15) is 64.6 Å². The third kappa shape index (κ3) is 4.63. The zero-order valence-corrected chi connectivity index (χ0v) is 15.1. The Morgan fingerprint density at radius 1 is 1.21 bits per heavy atom. The summed E-state index contributed by atoms with van der Waals surface area (Å²) in [6.07, 6.45) is 10.8. The van der Waals surface area contributed by atoms with Crippen molar-refractivity contribution in [2.24, 2.45) is 0 Å². The Hall–Kier alpha value is -1.75. The molecule has 2 aromatic heterocycles. The van der Waals surface area contributed by atoms with Gasteiger partial charge in [-0.05, 0) is 38.3 Å². The Labute approximate surface area is 147 Å². The molecule has 1 N–H and O–H groups in total. The van der Waals surface area contributed by atoms with Gasteiger partial charge in [0.25, 0.3) is 5.91 Å². The van der Waals surface area contributed by atoms with Gasteiger partial charge >= 0.3 is 0 Å². The molecule has 0 radical (unpaired) electrons. The third-order valence-corrected chi connectivity index (χ3v) is 5.77. The van der Waals surface area contributed by atoms with Crippen LogP contribution < -0.4 is 5.32 Å². The Morgan fingerprint density at radius 3 is 2.71 bits per heavy atom. The van der Waals surface area contributed by atoms with E-state index in [-0.39, 0.29) is 5.91 Å². The summed E-state index contributed by atoms with van der Waals surface area (Å²) in [5.74, 6) is 0.0565. The van der Waals surface area contributed by atoms with E-state index in [1.165, 1.54) is 37.0 Å². The van der Waals surface area contributed by atoms with Crippen LogP contribution >= 0.6 is 11.3 Å². The summed E-state index contributed by atoms with van der Waals surface area (Å²) in [6, 6.07) is 6.28. The molecule has 2 aromatic rings. The molecule has 2 heterocycles. The van der Waals surface area contributed by atoms with Crippen molar-refractivity contribution in [2.45, 2.75) is 64.3 Å². The predicted octanol–water partition coefficient (Wildman–Crippen LogP) is 4.08. The number of aryl methyl sites for hydroxylation is 3. The smallest absolute Gasteiger partial charge is 0.263 e. The highest BCUT2D eigenvalue weighted by Crippen LogP contribution is 2.22. The molecular weight excluding hydrogens is 318 g/mol. The molecule has 24 heavy (non-hydrogen) atoms. The SMILES string of the molecule is Cc1nc(CCc2ccccn2)sc1C(=O)NC1CCCCCC1. The summed E-state index contributed by atoms with van der Waals surface area (Å²) >= 11 is 1.53. The van der Waals surface area contributed by atoms with Crippen LogP contribution in [0.4, 0.5) is 0 Å². The van der Waals surface area contributed by atoms with Crippen molar-refractivity contribution in [1.82, 2.24) is 15.3 Å². The Morgan fingerprint density at radius 2 is 2.00 bits per heavy atom. The number of rotatable bonds is 5. The quantitative estimate of drug-likeness (QED) is 0.832. The Kier molecular flexibility index (Phi) is 5.96. The van der Waals surface area contributed by atoms with Gasteiger partial charge in [-0.3, -0.25) is 9.78 Å². The molecular formula is C19H25N3OS. The van der Waals surface area contributed by atoms with E-state index in [0.29, 0.717) is 6.04 Å². The van der Waals surface area contributed by atoms with E-state index in [0.717, 1.165) is 47.0 Å². The normalized spacial score (nSPS) is 15.9. The number of nitrogens with one attached hydrogen (secondary N) is 1. The van der Waals surface area contributed by atoms with E-state index in [4.69, 9.17) is 0 Å². The van der Waals surface area contributed by atoms with Crippen LogP contribution in [0.25, 0.3) is 0 Å². The molecule has 0 aliphatic heterocycles. The number of hydrogen-bond donors (Lipinski definition) is 1. The van der Waals surface area contributed by atoms with Crippen LogP contribution in [0.15, 0.2) is 24.4 Å². The Bertz CT molecular complexity index is 661. The fourth-order valence-electron chi connectivity index (χ4n) is 3.23. The van der Waals surface area contributed by atoms with E-state index in [2.05, 4.69) is 15.3 Å². The van der Waals surface area contributed by atoms with Gasteiger partial charge in [-0.1, -0.05) is 31.7 Å². The molecule has 1 aliphatic carbocycles. The lowest BCUT2D eigenvalue weighted by Crippen LogP contribution is -2.34. The number of carbonyl (C=O) groups excluding carboxylic acids is 1. The maximum atomic E-state index is 12.6. The van der Waals surface area contributed by atoms with E-state index < -0.39 is 0 Å². The van der Waals surface area contributed by atoms with Crippen molar-refractivity contribution >= 4 is 17.2 Å². The first-order valence-electron chi connectivity index (χ1n) is 8.89. The minimum Gasteiger partial charge on any atom is -0.349 e. The molecule has 0 atom stereocenters. The number of thiazole rings is 1. The largest absolute Gasteiger partial charge is 0.349 e. The van der Waals surface area contributed by atoms with Crippen LogP contribution in [0.2, 0.25) is 0 Å². The number of pyridine rings is 1. The zero-order chi connectivity index (χ0) is 16.8. The molecule has 1 fully saturated rings. The highest BCUT2D eigenvalue weighted by molar-refractivity contribution is 7.13. The Balaban J connectivity index is 1.59. The first kappa shape index (κ1) is 17.1. The summed E-state index contributed by atoms with van der Waals surface area (Å²) < 4.78 is 0. The molecule has 4 nitrogen and oxygen atoms in total. The lowest BCUT2D eigenvalue weighted by molar-refractivity contribution is 0.0936. The lowest BCUT2D eigenvalue weighted by atomic mass is 10.1. The number of nitrogens with zero attached hydrogens (tertiary/aromatic N) is 2. The maximum absolute atomic E-state index is 12.6. The van der Waals surface area contributed by atoms with Gasteiger partial charge in [-0.15, -0.1) is 11.3 Å². The monoisotopic (exact) mass is 343 g/mol. The summed E-state index contributed by atoms with van der Waals surface area (Å²) in [4.78, 5) is 22.3. The molecule has 0 unspecified atom stereocenters. The average molecular weight is 343 g/mol. The van der Waals surface area contributed by atoms with Gasteiger partial charge in [0, 0.05) is 24.4 Å². The highest BCUT2D eigenvalue weighted by atomic mass is 32.1. The highest BCUT2D eigenvalue weighted by Gasteiger charge is 2.19. The molecule has 1 amide bonds. The van der Waals surface area contributed by atoms with Gasteiger partial charge in [0.05, 0.1) is 10.7 Å². The van der Waals surface area contributed by atoms with Crippen LogP contribution in [-0.4, -0.2) is 21.9 Å². The summed E-state index contributed by atoms with van der Waals surface area (Å²) in [7, 11) is 0. The topological polar surface area (TPSA) is 54.9 Å². The third-order valence-electron chi connectivity index (χ3n) is 4.56. The molecule has 0 saturated heterocycles. The van der Waals surface area contributed by atoms with Gasteiger partial charge < -0.3 is 5.32 Å². The predicted molar refractivity (Wildman–Crippen MR) is 97.5 cm³/mol. The minimum absolute atomic E-state index is 0.0565. The van der Waals surface area contributed by atoms with E-state index in [1.54, 1.807) is 0 Å². The fourth-order valence-corrected chi connectivity index (χ4v) is 4.19. The number of carbonyl (C=O) groups is 1. The van der Waals surface area contributed by atoms with Crippen molar-refractivity contribution < 1.29 is 4.79 Å². The van der Waals surface area contributed by atoms with Gasteiger partial charge in [-0.25, -0.2) is 4.98 Å². The second-order valence-electron chi connectivity index (χ2n) is 6.51. The first-order chi connectivity index (χ1) is 11.7.